The van der Waals surface area contributed by atoms with Gasteiger partial charge in [0.05, 0.1) is 18.2 Å². The van der Waals surface area contributed by atoms with Gasteiger partial charge in [0.25, 0.3) is 5.56 Å². The molecule has 1 saturated carbocycles. The lowest BCUT2D eigenvalue weighted by Crippen LogP contribution is -2.42. The molecule has 6 heteroatoms. The second-order valence-corrected chi connectivity index (χ2v) is 5.90. The highest BCUT2D eigenvalue weighted by Crippen LogP contribution is 2.18. The number of thiophene rings is 1. The van der Waals surface area contributed by atoms with Gasteiger partial charge in [-0.1, -0.05) is 12.8 Å². The van der Waals surface area contributed by atoms with Gasteiger partial charge in [-0.25, -0.2) is 4.98 Å². The predicted octanol–water partition coefficient (Wildman–Crippen LogP) is 1.38. The number of rotatable bonds is 3. The van der Waals surface area contributed by atoms with E-state index in [1.807, 2.05) is 11.4 Å². The Morgan fingerprint density at radius 1 is 1.47 bits per heavy atom. The minimum Gasteiger partial charge on any atom is -0.392 e. The molecule has 0 radical (unpaired) electrons. The van der Waals surface area contributed by atoms with Crippen LogP contribution < -0.4 is 10.9 Å². The number of fused-ring (bicyclic) bond motifs is 1. The maximum absolute atomic E-state index is 11.8. The summed E-state index contributed by atoms with van der Waals surface area (Å²) in [6.07, 6.45) is 3.78. The molecule has 1 fully saturated rings. The first kappa shape index (κ1) is 12.8. The summed E-state index contributed by atoms with van der Waals surface area (Å²) in [4.78, 5) is 19.0. The van der Waals surface area contributed by atoms with E-state index < -0.39 is 0 Å². The molecule has 0 amide bonds. The molecule has 2 atom stereocenters. The summed E-state index contributed by atoms with van der Waals surface area (Å²) in [5.74, 6) is 0.633. The van der Waals surface area contributed by atoms with Crippen LogP contribution in [-0.2, 0) is 6.54 Å². The molecule has 2 aromatic heterocycles. The van der Waals surface area contributed by atoms with Crippen LogP contribution in [0.25, 0.3) is 10.2 Å². The average molecular weight is 279 g/mol. The van der Waals surface area contributed by atoms with Crippen LogP contribution in [0, 0.1) is 0 Å². The smallest absolute Gasteiger partial charge is 0.268 e. The molecule has 1 aliphatic rings. The zero-order valence-electron chi connectivity index (χ0n) is 10.6. The highest BCUT2D eigenvalue weighted by Gasteiger charge is 2.22. The van der Waals surface area contributed by atoms with E-state index in [4.69, 9.17) is 0 Å². The Kier molecular flexibility index (Phi) is 3.63. The van der Waals surface area contributed by atoms with Crippen LogP contribution in [0.2, 0.25) is 0 Å². The maximum Gasteiger partial charge on any atom is 0.268 e. The Balaban J connectivity index is 1.72. The van der Waals surface area contributed by atoms with Gasteiger partial charge >= 0.3 is 0 Å². The lowest BCUT2D eigenvalue weighted by atomic mass is 9.93. The highest BCUT2D eigenvalue weighted by atomic mass is 32.1. The zero-order chi connectivity index (χ0) is 13.2. The van der Waals surface area contributed by atoms with E-state index in [1.165, 1.54) is 11.3 Å². The van der Waals surface area contributed by atoms with E-state index in [0.29, 0.717) is 17.1 Å². The Morgan fingerprint density at radius 2 is 2.32 bits per heavy atom. The van der Waals surface area contributed by atoms with E-state index in [9.17, 15) is 9.90 Å². The van der Waals surface area contributed by atoms with Crippen LogP contribution in [0.4, 0.5) is 0 Å². The SMILES string of the molecule is O=c1[nH]c(CNC2CCCCC2O)nc2ccsc12. The second kappa shape index (κ2) is 5.40. The predicted molar refractivity (Wildman–Crippen MR) is 75.3 cm³/mol. The molecule has 1 aliphatic carbocycles. The second-order valence-electron chi connectivity index (χ2n) is 4.99. The van der Waals surface area contributed by atoms with E-state index in [2.05, 4.69) is 15.3 Å². The van der Waals surface area contributed by atoms with Crippen molar-refractivity contribution in [1.82, 2.24) is 15.3 Å². The van der Waals surface area contributed by atoms with Gasteiger partial charge in [0.15, 0.2) is 0 Å². The van der Waals surface area contributed by atoms with Gasteiger partial charge in [0.2, 0.25) is 0 Å². The van der Waals surface area contributed by atoms with Crippen molar-refractivity contribution in [2.45, 2.75) is 44.4 Å². The third-order valence-electron chi connectivity index (χ3n) is 3.63. The highest BCUT2D eigenvalue weighted by molar-refractivity contribution is 7.17. The molecular weight excluding hydrogens is 262 g/mol. The molecule has 2 aromatic rings. The lowest BCUT2D eigenvalue weighted by molar-refractivity contribution is 0.0899. The number of nitrogens with zero attached hydrogens (tertiary/aromatic N) is 1. The molecule has 3 rings (SSSR count). The number of aromatic amines is 1. The van der Waals surface area contributed by atoms with Crippen LogP contribution >= 0.6 is 11.3 Å². The van der Waals surface area contributed by atoms with Crippen molar-refractivity contribution in [3.05, 3.63) is 27.6 Å². The standard InChI is InChI=1S/C13H17N3O2S/c17-10-4-2-1-3-8(10)14-7-11-15-9-5-6-19-12(9)13(18)16-11/h5-6,8,10,14,17H,1-4,7H2,(H,15,16,18). The molecule has 0 saturated heterocycles. The number of aromatic nitrogens is 2. The number of H-pyrrole nitrogens is 1. The van der Waals surface area contributed by atoms with E-state index in [0.717, 1.165) is 31.2 Å². The van der Waals surface area contributed by atoms with Crippen LogP contribution in [0.15, 0.2) is 16.2 Å². The van der Waals surface area contributed by atoms with Gasteiger partial charge in [0.1, 0.15) is 10.5 Å². The van der Waals surface area contributed by atoms with Gasteiger partial charge in [-0.15, -0.1) is 11.3 Å². The molecular formula is C13H17N3O2S. The Bertz CT molecular complexity index is 622. The molecule has 102 valence electrons. The fourth-order valence-corrected chi connectivity index (χ4v) is 3.31. The first-order valence-corrected chi connectivity index (χ1v) is 7.50. The van der Waals surface area contributed by atoms with E-state index in [-0.39, 0.29) is 17.7 Å². The third kappa shape index (κ3) is 2.70. The molecule has 19 heavy (non-hydrogen) atoms. The van der Waals surface area contributed by atoms with Gasteiger partial charge in [-0.2, -0.15) is 0 Å². The zero-order valence-corrected chi connectivity index (χ0v) is 11.4. The van der Waals surface area contributed by atoms with E-state index >= 15 is 0 Å². The van der Waals surface area contributed by atoms with Crippen molar-refractivity contribution in [3.8, 4) is 0 Å². The normalized spacial score (nSPS) is 23.8. The van der Waals surface area contributed by atoms with Crippen molar-refractivity contribution in [2.24, 2.45) is 0 Å². The quantitative estimate of drug-likeness (QED) is 0.793. The Labute approximate surface area is 114 Å². The van der Waals surface area contributed by atoms with Gasteiger partial charge in [-0.3, -0.25) is 4.79 Å². The molecule has 5 nitrogen and oxygen atoms in total. The van der Waals surface area contributed by atoms with Crippen molar-refractivity contribution in [3.63, 3.8) is 0 Å². The molecule has 0 spiro atoms. The van der Waals surface area contributed by atoms with Crippen LogP contribution in [0.3, 0.4) is 0 Å². The number of nitrogens with one attached hydrogen (secondary N) is 2. The molecule has 0 aromatic carbocycles. The maximum atomic E-state index is 11.8. The van der Waals surface area contributed by atoms with Gasteiger partial charge in [0, 0.05) is 6.04 Å². The van der Waals surface area contributed by atoms with Crippen LogP contribution in [0.5, 0.6) is 0 Å². The van der Waals surface area contributed by atoms with Crippen molar-refractivity contribution < 1.29 is 5.11 Å². The summed E-state index contributed by atoms with van der Waals surface area (Å²) < 4.78 is 0.668. The van der Waals surface area contributed by atoms with Gasteiger partial charge < -0.3 is 15.4 Å². The monoisotopic (exact) mass is 279 g/mol. The largest absolute Gasteiger partial charge is 0.392 e. The fraction of sp³-hybridized carbons (Fsp3) is 0.538. The average Bonchev–Trinajstić information content (AvgIpc) is 2.87. The minimum atomic E-state index is -0.287. The minimum absolute atomic E-state index is 0.0824. The van der Waals surface area contributed by atoms with Crippen LogP contribution in [0.1, 0.15) is 31.5 Å². The Morgan fingerprint density at radius 3 is 3.16 bits per heavy atom. The number of aliphatic hydroxyl groups is 1. The molecule has 2 unspecified atom stereocenters. The summed E-state index contributed by atoms with van der Waals surface area (Å²) in [5.41, 5.74) is 0.663. The molecule has 0 aliphatic heterocycles. The summed E-state index contributed by atoms with van der Waals surface area (Å²) >= 11 is 1.40. The Hall–Kier alpha value is -1.24. The first-order valence-electron chi connectivity index (χ1n) is 6.62. The summed E-state index contributed by atoms with van der Waals surface area (Å²) in [5, 5.41) is 15.0. The van der Waals surface area contributed by atoms with E-state index in [1.54, 1.807) is 0 Å². The summed E-state index contributed by atoms with van der Waals surface area (Å²) in [6, 6.07) is 1.96. The third-order valence-corrected chi connectivity index (χ3v) is 4.53. The van der Waals surface area contributed by atoms with Crippen molar-refractivity contribution >= 4 is 21.6 Å². The topological polar surface area (TPSA) is 78.0 Å². The summed E-state index contributed by atoms with van der Waals surface area (Å²) in [7, 11) is 0. The van der Waals surface area contributed by atoms with Crippen molar-refractivity contribution in [2.75, 3.05) is 0 Å². The fourth-order valence-electron chi connectivity index (χ4n) is 2.58. The number of aliphatic hydroxyl groups excluding tert-OH is 1. The summed E-state index contributed by atoms with van der Waals surface area (Å²) in [6.45, 7) is 0.489. The lowest BCUT2D eigenvalue weighted by Gasteiger charge is -2.28. The number of hydrogen-bond acceptors (Lipinski definition) is 5. The van der Waals surface area contributed by atoms with Crippen molar-refractivity contribution in [1.29, 1.82) is 0 Å². The van der Waals surface area contributed by atoms with Crippen LogP contribution in [-0.4, -0.2) is 27.2 Å². The number of hydrogen-bond donors (Lipinski definition) is 3. The molecule has 3 N–H and O–H groups in total. The molecule has 2 heterocycles. The van der Waals surface area contributed by atoms with Gasteiger partial charge in [-0.05, 0) is 24.3 Å². The molecule has 0 bridgehead atoms. The first-order chi connectivity index (χ1) is 9.24.